The summed E-state index contributed by atoms with van der Waals surface area (Å²) in [6, 6.07) is 14.3. The van der Waals surface area contributed by atoms with Crippen molar-refractivity contribution in [2.24, 2.45) is 0 Å². The summed E-state index contributed by atoms with van der Waals surface area (Å²) in [5.41, 5.74) is 3.30. The van der Waals surface area contributed by atoms with E-state index in [9.17, 15) is 32.0 Å². The van der Waals surface area contributed by atoms with Crippen LogP contribution < -0.4 is 19.7 Å². The molecule has 5 aromatic rings. The third kappa shape index (κ3) is 7.64. The van der Waals surface area contributed by atoms with Gasteiger partial charge in [-0.1, -0.05) is 18.2 Å². The summed E-state index contributed by atoms with van der Waals surface area (Å²) in [7, 11) is -2.85. The zero-order valence-electron chi connectivity index (χ0n) is 33.4. The molecule has 1 unspecified atom stereocenters. The van der Waals surface area contributed by atoms with Crippen molar-refractivity contribution in [2.75, 3.05) is 56.0 Å². The van der Waals surface area contributed by atoms with Gasteiger partial charge in [-0.25, -0.2) is 18.2 Å². The van der Waals surface area contributed by atoms with Crippen LogP contribution in [0.5, 0.6) is 5.75 Å². The number of piperazine rings is 1. The largest absolute Gasteiger partial charge is 0.496 e. The van der Waals surface area contributed by atoms with Crippen LogP contribution in [0.1, 0.15) is 56.7 Å². The Kier molecular flexibility index (Phi) is 10.7. The number of methoxy groups -OCH3 is 1. The highest BCUT2D eigenvalue weighted by Gasteiger charge is 2.41. The molecule has 3 fully saturated rings. The molecule has 2 atom stereocenters. The summed E-state index contributed by atoms with van der Waals surface area (Å²) in [4.78, 5) is 64.8. The Morgan fingerprint density at radius 3 is 2.45 bits per heavy atom. The monoisotopic (exact) mass is 870 g/mol. The molecule has 15 nitrogen and oxygen atoms in total. The molecule has 0 aliphatic carbocycles. The molecule has 9 rings (SSSR count). The van der Waals surface area contributed by atoms with E-state index in [1.165, 1.54) is 18.2 Å². The van der Waals surface area contributed by atoms with Crippen molar-refractivity contribution < 1.29 is 45.5 Å². The minimum absolute atomic E-state index is 0.00476. The Morgan fingerprint density at radius 1 is 0.968 bits per heavy atom. The molecule has 3 aromatic carbocycles. The number of aromatic amines is 1. The van der Waals surface area contributed by atoms with Crippen molar-refractivity contribution in [3.63, 3.8) is 0 Å². The lowest BCUT2D eigenvalue weighted by atomic mass is 9.99. The minimum Gasteiger partial charge on any atom is -0.496 e. The first-order valence-electron chi connectivity index (χ1n) is 20.1. The fourth-order valence-electron chi connectivity index (χ4n) is 8.71. The van der Waals surface area contributed by atoms with Gasteiger partial charge in [0.2, 0.25) is 17.6 Å². The lowest BCUT2D eigenvalue weighted by molar-refractivity contribution is -0.136. The molecule has 4 aliphatic rings. The van der Waals surface area contributed by atoms with Crippen LogP contribution in [-0.4, -0.2) is 115 Å². The number of hydrogen-bond donors (Lipinski definition) is 3. The zero-order chi connectivity index (χ0) is 43.4. The molecular weight excluding hydrogens is 830 g/mol. The van der Waals surface area contributed by atoms with Gasteiger partial charge in [-0.15, -0.1) is 0 Å². The molecule has 6 heterocycles. The number of nitrogens with zero attached hydrogens (tertiary/aromatic N) is 5. The van der Waals surface area contributed by atoms with Gasteiger partial charge in [0.1, 0.15) is 29.4 Å². The van der Waals surface area contributed by atoms with E-state index < -0.39 is 63.5 Å². The molecule has 3 saturated heterocycles. The molecule has 0 spiro atoms. The van der Waals surface area contributed by atoms with Gasteiger partial charge in [-0.05, 0) is 65.9 Å². The van der Waals surface area contributed by atoms with Crippen LogP contribution in [0.3, 0.4) is 0 Å². The summed E-state index contributed by atoms with van der Waals surface area (Å²) in [6.45, 7) is 3.42. The number of carbonyl (C=O) groups is 4. The number of aromatic nitrogens is 2. The Hall–Kier alpha value is -6.31. The van der Waals surface area contributed by atoms with Gasteiger partial charge in [0, 0.05) is 93.4 Å². The van der Waals surface area contributed by atoms with Crippen LogP contribution in [-0.2, 0) is 32.9 Å². The number of rotatable bonds is 11. The number of nitrogens with one attached hydrogen (secondary N) is 3. The molecule has 2 aromatic heterocycles. The highest BCUT2D eigenvalue weighted by atomic mass is 32.2. The predicted octanol–water partition coefficient (Wildman–Crippen LogP) is 4.53. The highest BCUT2D eigenvalue weighted by Crippen LogP contribution is 2.36. The number of hydrogen-bond acceptors (Lipinski definition) is 10. The summed E-state index contributed by atoms with van der Waals surface area (Å²) in [5.74, 6) is -4.23. The van der Waals surface area contributed by atoms with Crippen LogP contribution in [0.4, 0.5) is 24.5 Å². The van der Waals surface area contributed by atoms with Crippen LogP contribution >= 0.6 is 0 Å². The zero-order valence-corrected chi connectivity index (χ0v) is 34.2. The highest BCUT2D eigenvalue weighted by molar-refractivity contribution is 7.90. The summed E-state index contributed by atoms with van der Waals surface area (Å²) in [5, 5.41) is 2.64. The molecule has 19 heteroatoms. The molecule has 3 amide bonds. The van der Waals surface area contributed by atoms with Crippen molar-refractivity contribution in [2.45, 2.75) is 44.6 Å². The number of H-pyrrole nitrogens is 1. The second kappa shape index (κ2) is 16.2. The van der Waals surface area contributed by atoms with Crippen molar-refractivity contribution in [3.05, 3.63) is 106 Å². The summed E-state index contributed by atoms with van der Waals surface area (Å²) >= 11 is 0. The molecule has 322 valence electrons. The number of ketones is 1. The van der Waals surface area contributed by atoms with Crippen LogP contribution in [0, 0.1) is 11.6 Å². The number of alkyl halides is 1. The first-order chi connectivity index (χ1) is 29.8. The quantitative estimate of drug-likeness (QED) is 0.126. The van der Waals surface area contributed by atoms with E-state index >= 15 is 8.78 Å². The molecule has 3 N–H and O–H groups in total. The van der Waals surface area contributed by atoms with Gasteiger partial charge < -0.3 is 19.5 Å². The van der Waals surface area contributed by atoms with E-state index in [4.69, 9.17) is 4.74 Å². The van der Waals surface area contributed by atoms with Gasteiger partial charge in [-0.3, -0.25) is 34.1 Å². The molecular formula is C43H41F3N8O7S. The number of anilines is 2. The van der Waals surface area contributed by atoms with Gasteiger partial charge >= 0.3 is 10.2 Å². The fraction of sp³-hybridized carbons (Fsp3) is 0.326. The number of fused-ring (bicyclic) bond motifs is 2. The average molecular weight is 871 g/mol. The Bertz CT molecular complexity index is 2760. The van der Waals surface area contributed by atoms with Crippen molar-refractivity contribution in [3.8, 4) is 16.9 Å². The molecule has 0 saturated carbocycles. The Balaban J connectivity index is 0.856. The first-order valence-corrected chi connectivity index (χ1v) is 21.6. The third-order valence-electron chi connectivity index (χ3n) is 12.0. The van der Waals surface area contributed by atoms with E-state index in [1.807, 2.05) is 41.1 Å². The minimum atomic E-state index is -4.37. The maximum Gasteiger partial charge on any atom is 0.301 e. The van der Waals surface area contributed by atoms with Gasteiger partial charge in [0.05, 0.1) is 23.9 Å². The second-order valence-corrected chi connectivity index (χ2v) is 17.5. The van der Waals surface area contributed by atoms with Crippen molar-refractivity contribution >= 4 is 56.1 Å². The normalized spacial score (nSPS) is 19.9. The standard InChI is InChI=1S/C43H41F3N8O7S/c1-61-35-17-24(16-27-22-54(43(58)37(27)35)34-8-9-36(55)49-42(34)57)21-51-12-14-52(15-13-51)29-4-2-25(3-5-29)26-18-30-31(20-48-41(30)47-19-26)40(56)38-32(45)6-7-33(39(38)46)50-62(59,60)53-11-10-28(44)23-53/h2-7,16-20,28,34,50H,8-15,21-23H2,1H3,(H,47,48)(H,49,55,57)/t28-,34?/m1/s1. The molecule has 0 radical (unpaired) electrons. The van der Waals surface area contributed by atoms with Crippen molar-refractivity contribution in [1.82, 2.24) is 29.4 Å². The lowest BCUT2D eigenvalue weighted by Gasteiger charge is -2.36. The first kappa shape index (κ1) is 41.1. The smallest absolute Gasteiger partial charge is 0.301 e. The van der Waals surface area contributed by atoms with Gasteiger partial charge in [0.25, 0.3) is 5.91 Å². The molecule has 0 bridgehead atoms. The number of ether oxygens (including phenoxy) is 1. The third-order valence-corrected chi connectivity index (χ3v) is 13.5. The van der Waals surface area contributed by atoms with E-state index in [1.54, 1.807) is 12.3 Å². The fourth-order valence-corrected chi connectivity index (χ4v) is 9.97. The van der Waals surface area contributed by atoms with Crippen LogP contribution in [0.15, 0.2) is 67.0 Å². The number of benzene rings is 3. The number of amides is 3. The summed E-state index contributed by atoms with van der Waals surface area (Å²) in [6.07, 6.45) is 2.01. The summed E-state index contributed by atoms with van der Waals surface area (Å²) < 4.78 is 78.7. The van der Waals surface area contributed by atoms with Crippen LogP contribution in [0.2, 0.25) is 0 Å². The number of carbonyl (C=O) groups excluding carboxylic acids is 4. The van der Waals surface area contributed by atoms with E-state index in [2.05, 4.69) is 25.1 Å². The van der Waals surface area contributed by atoms with E-state index in [0.717, 1.165) is 65.0 Å². The lowest BCUT2D eigenvalue weighted by Crippen LogP contribution is -2.52. The number of piperidine rings is 1. The van der Waals surface area contributed by atoms with Crippen LogP contribution in [0.25, 0.3) is 22.2 Å². The second-order valence-electron chi connectivity index (χ2n) is 15.8. The number of imide groups is 1. The molecule has 4 aliphatic heterocycles. The number of halogens is 3. The van der Waals surface area contributed by atoms with Gasteiger partial charge in [-0.2, -0.15) is 12.7 Å². The maximum atomic E-state index is 15.7. The van der Waals surface area contributed by atoms with E-state index in [0.29, 0.717) is 34.5 Å². The van der Waals surface area contributed by atoms with Gasteiger partial charge in [0.15, 0.2) is 5.82 Å². The number of pyridine rings is 1. The SMILES string of the molecule is COc1cc(CN2CCN(c3ccc(-c4cnc5[nH]cc(C(=O)c6c(F)ccc(NS(=O)(=O)N7CC[C@@H](F)C7)c6F)c5c4)cc3)CC2)cc2c1C(=O)N(C1CCC(=O)NC1=O)C2. The Labute approximate surface area is 354 Å². The maximum absolute atomic E-state index is 15.7. The topological polar surface area (TPSA) is 177 Å². The van der Waals surface area contributed by atoms with Crippen molar-refractivity contribution in [1.29, 1.82) is 0 Å². The predicted molar refractivity (Wildman–Crippen MR) is 221 cm³/mol. The Morgan fingerprint density at radius 2 is 1.74 bits per heavy atom. The average Bonchev–Trinajstić information content (AvgIpc) is 3.99. The van der Waals surface area contributed by atoms with E-state index in [-0.39, 0.29) is 49.7 Å². The molecule has 62 heavy (non-hydrogen) atoms.